The number of carbonyl (C=O) groups is 2. The Hall–Kier alpha value is -4.46. The largest absolute Gasteiger partial charge is 0.454 e. The number of nitrogens with one attached hydrogen (secondary N) is 3. The summed E-state index contributed by atoms with van der Waals surface area (Å²) in [6.07, 6.45) is 2.00. The Morgan fingerprint density at radius 2 is 1.75 bits per heavy atom. The number of nitrogens with zero attached hydrogens (tertiary/aromatic N) is 1. The van der Waals surface area contributed by atoms with Crippen LogP contribution in [0.2, 0.25) is 0 Å². The van der Waals surface area contributed by atoms with Crippen molar-refractivity contribution in [3.63, 3.8) is 0 Å². The van der Waals surface area contributed by atoms with Crippen LogP contribution in [0.5, 0.6) is 11.5 Å². The maximum absolute atomic E-state index is 12.7. The van der Waals surface area contributed by atoms with Crippen LogP contribution in [0.25, 0.3) is 10.9 Å². The summed E-state index contributed by atoms with van der Waals surface area (Å²) in [6.45, 7) is 0.396. The lowest BCUT2D eigenvalue weighted by atomic mass is 9.90. The third kappa shape index (κ3) is 4.84. The fraction of sp³-hybridized carbons (Fsp3) is 0.214. The van der Waals surface area contributed by atoms with Gasteiger partial charge in [-0.3, -0.25) is 9.59 Å². The van der Waals surface area contributed by atoms with E-state index >= 15 is 0 Å². The number of anilines is 1. The van der Waals surface area contributed by atoms with Crippen LogP contribution in [-0.2, 0) is 4.79 Å². The average molecular weight is 485 g/mol. The standard InChI is InChI=1S/C28H28N4O4/c1-32(2)20-10-7-18(8-11-20)22(23-15-29-24-6-4-3-5-21(23)24)14-30-27(33)16-31-28(34)19-9-12-25-26(13-19)36-17-35-25/h3-13,15,22,29H,14,16-17H2,1-2H3,(H,30,33)(H,31,34). The number of rotatable bonds is 8. The molecule has 0 saturated carbocycles. The summed E-state index contributed by atoms with van der Waals surface area (Å²) in [4.78, 5) is 30.6. The van der Waals surface area contributed by atoms with E-state index in [0.29, 0.717) is 23.6 Å². The van der Waals surface area contributed by atoms with Gasteiger partial charge < -0.3 is 30.0 Å². The highest BCUT2D eigenvalue weighted by Crippen LogP contribution is 2.33. The molecule has 2 amide bonds. The number of aromatic nitrogens is 1. The van der Waals surface area contributed by atoms with Gasteiger partial charge in [0.25, 0.3) is 5.91 Å². The number of hydrogen-bond acceptors (Lipinski definition) is 5. The molecule has 184 valence electrons. The highest BCUT2D eigenvalue weighted by molar-refractivity contribution is 5.97. The van der Waals surface area contributed by atoms with Crippen molar-refractivity contribution in [2.24, 2.45) is 0 Å². The molecule has 3 N–H and O–H groups in total. The van der Waals surface area contributed by atoms with Crippen molar-refractivity contribution in [2.75, 3.05) is 38.9 Å². The smallest absolute Gasteiger partial charge is 0.251 e. The van der Waals surface area contributed by atoms with Gasteiger partial charge in [0.1, 0.15) is 0 Å². The fourth-order valence-electron chi connectivity index (χ4n) is 4.37. The zero-order valence-corrected chi connectivity index (χ0v) is 20.2. The van der Waals surface area contributed by atoms with Gasteiger partial charge in [0, 0.05) is 54.9 Å². The lowest BCUT2D eigenvalue weighted by Gasteiger charge is -2.20. The van der Waals surface area contributed by atoms with Gasteiger partial charge in [-0.25, -0.2) is 0 Å². The van der Waals surface area contributed by atoms with Crippen LogP contribution in [0.1, 0.15) is 27.4 Å². The second-order valence-electron chi connectivity index (χ2n) is 8.88. The van der Waals surface area contributed by atoms with Gasteiger partial charge in [0.05, 0.1) is 6.54 Å². The van der Waals surface area contributed by atoms with Crippen LogP contribution < -0.4 is 25.0 Å². The summed E-state index contributed by atoms with van der Waals surface area (Å²) in [6, 6.07) is 21.4. The molecule has 5 rings (SSSR count). The van der Waals surface area contributed by atoms with E-state index < -0.39 is 0 Å². The van der Waals surface area contributed by atoms with E-state index in [9.17, 15) is 9.59 Å². The van der Waals surface area contributed by atoms with E-state index in [1.165, 1.54) is 0 Å². The Labute approximate surface area is 209 Å². The second kappa shape index (κ2) is 10.0. The first-order chi connectivity index (χ1) is 17.5. The SMILES string of the molecule is CN(C)c1ccc(C(CNC(=O)CNC(=O)c2ccc3c(c2)OCO3)c2c[nH]c3ccccc23)cc1. The Balaban J connectivity index is 1.27. The van der Waals surface area contributed by atoms with Crippen molar-refractivity contribution < 1.29 is 19.1 Å². The molecule has 2 heterocycles. The molecule has 4 aromatic rings. The molecule has 8 nitrogen and oxygen atoms in total. The van der Waals surface area contributed by atoms with Gasteiger partial charge in [-0.2, -0.15) is 0 Å². The maximum Gasteiger partial charge on any atom is 0.251 e. The zero-order chi connectivity index (χ0) is 25.1. The molecule has 1 aliphatic heterocycles. The van der Waals surface area contributed by atoms with Gasteiger partial charge >= 0.3 is 0 Å². The average Bonchev–Trinajstić information content (AvgIpc) is 3.54. The molecule has 1 unspecified atom stereocenters. The second-order valence-corrected chi connectivity index (χ2v) is 8.88. The highest BCUT2D eigenvalue weighted by Gasteiger charge is 2.20. The Morgan fingerprint density at radius 3 is 2.56 bits per heavy atom. The zero-order valence-electron chi connectivity index (χ0n) is 20.2. The molecule has 36 heavy (non-hydrogen) atoms. The summed E-state index contributed by atoms with van der Waals surface area (Å²) in [5.74, 6) is 0.445. The third-order valence-electron chi connectivity index (χ3n) is 6.36. The first-order valence-corrected chi connectivity index (χ1v) is 11.8. The minimum atomic E-state index is -0.351. The molecule has 0 bridgehead atoms. The molecule has 1 atom stereocenters. The lowest BCUT2D eigenvalue weighted by Crippen LogP contribution is -2.38. The number of benzene rings is 3. The van der Waals surface area contributed by atoms with Crippen molar-refractivity contribution in [1.29, 1.82) is 0 Å². The normalized spacial score (nSPS) is 12.8. The summed E-state index contributed by atoms with van der Waals surface area (Å²) in [5.41, 5.74) is 4.75. The van der Waals surface area contributed by atoms with E-state index in [-0.39, 0.29) is 31.1 Å². The third-order valence-corrected chi connectivity index (χ3v) is 6.36. The van der Waals surface area contributed by atoms with Crippen molar-refractivity contribution in [2.45, 2.75) is 5.92 Å². The summed E-state index contributed by atoms with van der Waals surface area (Å²) in [5, 5.41) is 6.79. The number of aromatic amines is 1. The molecule has 1 aliphatic rings. The number of fused-ring (bicyclic) bond motifs is 2. The number of H-pyrrole nitrogens is 1. The monoisotopic (exact) mass is 484 g/mol. The molecule has 0 spiro atoms. The Kier molecular flexibility index (Phi) is 6.49. The van der Waals surface area contributed by atoms with E-state index in [1.54, 1.807) is 18.2 Å². The molecule has 0 fully saturated rings. The lowest BCUT2D eigenvalue weighted by molar-refractivity contribution is -0.120. The van der Waals surface area contributed by atoms with Gasteiger partial charge in [0.15, 0.2) is 11.5 Å². The van der Waals surface area contributed by atoms with Gasteiger partial charge in [-0.05, 0) is 47.5 Å². The molecule has 8 heteroatoms. The minimum absolute atomic E-state index is 0.0640. The summed E-state index contributed by atoms with van der Waals surface area (Å²) in [7, 11) is 4.01. The Bertz CT molecular complexity index is 1390. The van der Waals surface area contributed by atoms with Crippen LogP contribution in [0.3, 0.4) is 0 Å². The highest BCUT2D eigenvalue weighted by atomic mass is 16.7. The van der Waals surface area contributed by atoms with Crippen LogP contribution in [-0.4, -0.2) is 50.8 Å². The fourth-order valence-corrected chi connectivity index (χ4v) is 4.37. The van der Waals surface area contributed by atoms with Crippen LogP contribution >= 0.6 is 0 Å². The van der Waals surface area contributed by atoms with Gasteiger partial charge in [0.2, 0.25) is 12.7 Å². The summed E-state index contributed by atoms with van der Waals surface area (Å²) < 4.78 is 10.6. The van der Waals surface area contributed by atoms with Crippen LogP contribution in [0, 0.1) is 0 Å². The molecule has 0 aliphatic carbocycles. The van der Waals surface area contributed by atoms with Crippen molar-refractivity contribution >= 4 is 28.4 Å². The molecular formula is C28H28N4O4. The Morgan fingerprint density at radius 1 is 0.972 bits per heavy atom. The first-order valence-electron chi connectivity index (χ1n) is 11.8. The molecule has 0 saturated heterocycles. The molecule has 1 aromatic heterocycles. The number of hydrogen-bond donors (Lipinski definition) is 3. The van der Waals surface area contributed by atoms with Crippen molar-refractivity contribution in [3.05, 3.63) is 89.6 Å². The summed E-state index contributed by atoms with van der Waals surface area (Å²) >= 11 is 0. The van der Waals surface area contributed by atoms with E-state index in [4.69, 9.17) is 9.47 Å². The minimum Gasteiger partial charge on any atom is -0.454 e. The van der Waals surface area contributed by atoms with Gasteiger partial charge in [-0.15, -0.1) is 0 Å². The van der Waals surface area contributed by atoms with Gasteiger partial charge in [-0.1, -0.05) is 30.3 Å². The van der Waals surface area contributed by atoms with Crippen molar-refractivity contribution in [3.8, 4) is 11.5 Å². The van der Waals surface area contributed by atoms with E-state index in [2.05, 4.69) is 50.8 Å². The van der Waals surface area contributed by atoms with Crippen molar-refractivity contribution in [1.82, 2.24) is 15.6 Å². The van der Waals surface area contributed by atoms with Crippen LogP contribution in [0.15, 0.2) is 72.9 Å². The number of ether oxygens (including phenoxy) is 2. The van der Waals surface area contributed by atoms with E-state index in [0.717, 1.165) is 27.7 Å². The number of amides is 2. The first kappa shape index (κ1) is 23.3. The molecule has 0 radical (unpaired) electrons. The quantitative estimate of drug-likeness (QED) is 0.355. The number of carbonyl (C=O) groups excluding carboxylic acids is 2. The molecule has 3 aromatic carbocycles. The topological polar surface area (TPSA) is 95.7 Å². The van der Waals surface area contributed by atoms with Crippen LogP contribution in [0.4, 0.5) is 5.69 Å². The maximum atomic E-state index is 12.7. The predicted octanol–water partition coefficient (Wildman–Crippen LogP) is 3.64. The van der Waals surface area contributed by atoms with E-state index in [1.807, 2.05) is 38.5 Å². The predicted molar refractivity (Wildman–Crippen MR) is 139 cm³/mol. The molecular weight excluding hydrogens is 456 g/mol. The number of para-hydroxylation sites is 1.